The Morgan fingerprint density at radius 3 is 2.50 bits per heavy atom. The predicted octanol–water partition coefficient (Wildman–Crippen LogP) is 6.34. The van der Waals surface area contributed by atoms with E-state index in [0.29, 0.717) is 28.7 Å². The van der Waals surface area contributed by atoms with Crippen LogP contribution in [0.2, 0.25) is 5.02 Å². The zero-order chi connectivity index (χ0) is 22.7. The highest BCUT2D eigenvalue weighted by Crippen LogP contribution is 2.38. The molecule has 0 bridgehead atoms. The lowest BCUT2D eigenvalue weighted by atomic mass is 10.1. The molecule has 7 heteroatoms. The molecule has 3 aromatic rings. The molecule has 4 rings (SSSR count). The number of ether oxygens (including phenoxy) is 3. The van der Waals surface area contributed by atoms with Gasteiger partial charge < -0.3 is 14.2 Å². The van der Waals surface area contributed by atoms with Gasteiger partial charge in [0.25, 0.3) is 0 Å². The molecule has 0 amide bonds. The maximum absolute atomic E-state index is 12.3. The predicted molar refractivity (Wildman–Crippen MR) is 128 cm³/mol. The van der Waals surface area contributed by atoms with E-state index in [0.717, 1.165) is 21.2 Å². The third-order valence-corrected chi connectivity index (χ3v) is 5.58. The van der Waals surface area contributed by atoms with Gasteiger partial charge in [-0.2, -0.15) is 0 Å². The number of carbonyl (C=O) groups excluding carboxylic acids is 1. The van der Waals surface area contributed by atoms with Crippen LogP contribution in [0.15, 0.2) is 75.8 Å². The summed E-state index contributed by atoms with van der Waals surface area (Å²) in [4.78, 5) is 16.7. The van der Waals surface area contributed by atoms with E-state index in [4.69, 9.17) is 25.8 Å². The SMILES string of the molecule is COc1cc(/C=C2\N=C(c3ccc(C)cc3)OC2=O)cc(Cl)c1OCc1ccc(Br)cc1. The molecule has 0 spiro atoms. The van der Waals surface area contributed by atoms with E-state index in [2.05, 4.69) is 20.9 Å². The Bertz CT molecular complexity index is 1220. The molecule has 0 unspecified atom stereocenters. The van der Waals surface area contributed by atoms with Crippen LogP contribution < -0.4 is 9.47 Å². The summed E-state index contributed by atoms with van der Waals surface area (Å²) in [5.74, 6) is 0.632. The number of aliphatic imine (C=N–C) groups is 1. The molecule has 32 heavy (non-hydrogen) atoms. The van der Waals surface area contributed by atoms with Crippen molar-refractivity contribution in [1.82, 2.24) is 0 Å². The van der Waals surface area contributed by atoms with Gasteiger partial charge in [-0.25, -0.2) is 9.79 Å². The van der Waals surface area contributed by atoms with Gasteiger partial charge in [-0.3, -0.25) is 0 Å². The molecule has 0 radical (unpaired) electrons. The van der Waals surface area contributed by atoms with Crippen LogP contribution in [0, 0.1) is 6.92 Å². The largest absolute Gasteiger partial charge is 0.493 e. The van der Waals surface area contributed by atoms with E-state index in [1.807, 2.05) is 55.5 Å². The van der Waals surface area contributed by atoms with Crippen molar-refractivity contribution in [3.8, 4) is 11.5 Å². The van der Waals surface area contributed by atoms with Gasteiger partial charge in [0.1, 0.15) is 6.61 Å². The van der Waals surface area contributed by atoms with Crippen molar-refractivity contribution in [2.24, 2.45) is 4.99 Å². The Balaban J connectivity index is 1.58. The first-order valence-electron chi connectivity index (χ1n) is 9.77. The Kier molecular flexibility index (Phi) is 6.63. The number of cyclic esters (lactones) is 1. The third kappa shape index (κ3) is 5.03. The third-order valence-electron chi connectivity index (χ3n) is 4.77. The molecule has 0 fully saturated rings. The highest BCUT2D eigenvalue weighted by Gasteiger charge is 2.24. The van der Waals surface area contributed by atoms with Gasteiger partial charge >= 0.3 is 5.97 Å². The molecule has 1 heterocycles. The first kappa shape index (κ1) is 22.1. The minimum absolute atomic E-state index is 0.183. The van der Waals surface area contributed by atoms with Crippen LogP contribution >= 0.6 is 27.5 Å². The highest BCUT2D eigenvalue weighted by atomic mass is 79.9. The van der Waals surface area contributed by atoms with E-state index in [1.165, 1.54) is 7.11 Å². The van der Waals surface area contributed by atoms with Crippen LogP contribution in [0.25, 0.3) is 6.08 Å². The molecule has 0 aliphatic carbocycles. The van der Waals surface area contributed by atoms with Crippen molar-refractivity contribution in [2.45, 2.75) is 13.5 Å². The molecule has 0 aromatic heterocycles. The average molecular weight is 513 g/mol. The van der Waals surface area contributed by atoms with Crippen LogP contribution in [-0.4, -0.2) is 19.0 Å². The molecule has 1 aliphatic rings. The standard InChI is InChI=1S/C25H19BrClNO4/c1-15-3-7-18(8-4-15)24-28-21(25(29)32-24)12-17-11-20(27)23(22(13-17)30-2)31-14-16-5-9-19(26)10-6-16/h3-13H,14H2,1-2H3/b21-12-. The number of aryl methyl sites for hydroxylation is 1. The maximum atomic E-state index is 12.3. The molecule has 1 aliphatic heterocycles. The summed E-state index contributed by atoms with van der Waals surface area (Å²) < 4.78 is 17.7. The molecule has 5 nitrogen and oxygen atoms in total. The van der Waals surface area contributed by atoms with Gasteiger partial charge in [-0.05, 0) is 60.5 Å². The summed E-state index contributed by atoms with van der Waals surface area (Å²) in [6, 6.07) is 18.8. The first-order chi connectivity index (χ1) is 15.4. The quantitative estimate of drug-likeness (QED) is 0.285. The number of rotatable bonds is 6. The Morgan fingerprint density at radius 2 is 1.81 bits per heavy atom. The van der Waals surface area contributed by atoms with Crippen LogP contribution in [-0.2, 0) is 16.1 Å². The molecule has 162 valence electrons. The van der Waals surface area contributed by atoms with E-state index < -0.39 is 5.97 Å². The number of hydrogen-bond donors (Lipinski definition) is 0. The molecule has 0 saturated heterocycles. The van der Waals surface area contributed by atoms with Crippen molar-refractivity contribution in [1.29, 1.82) is 0 Å². The fourth-order valence-corrected chi connectivity index (χ4v) is 3.62. The molecule has 0 saturated carbocycles. The summed E-state index contributed by atoms with van der Waals surface area (Å²) in [7, 11) is 1.53. The Morgan fingerprint density at radius 1 is 1.09 bits per heavy atom. The fraction of sp³-hybridized carbons (Fsp3) is 0.120. The molecule has 3 aromatic carbocycles. The lowest BCUT2D eigenvalue weighted by Gasteiger charge is -2.13. The lowest BCUT2D eigenvalue weighted by Crippen LogP contribution is -2.05. The van der Waals surface area contributed by atoms with Gasteiger partial charge in [0, 0.05) is 10.0 Å². The number of esters is 1. The zero-order valence-corrected chi connectivity index (χ0v) is 19.7. The summed E-state index contributed by atoms with van der Waals surface area (Å²) in [6.45, 7) is 2.32. The van der Waals surface area contributed by atoms with Gasteiger partial charge in [0.2, 0.25) is 5.90 Å². The molecule has 0 atom stereocenters. The minimum Gasteiger partial charge on any atom is -0.493 e. The maximum Gasteiger partial charge on any atom is 0.363 e. The number of methoxy groups -OCH3 is 1. The van der Waals surface area contributed by atoms with Crippen molar-refractivity contribution < 1.29 is 19.0 Å². The number of halogens is 2. The monoisotopic (exact) mass is 511 g/mol. The molecular formula is C25H19BrClNO4. The van der Waals surface area contributed by atoms with E-state index in [1.54, 1.807) is 18.2 Å². The lowest BCUT2D eigenvalue weighted by molar-refractivity contribution is -0.129. The zero-order valence-electron chi connectivity index (χ0n) is 17.4. The van der Waals surface area contributed by atoms with Crippen molar-refractivity contribution in [2.75, 3.05) is 7.11 Å². The second-order valence-electron chi connectivity index (χ2n) is 7.15. The topological polar surface area (TPSA) is 57.1 Å². The van der Waals surface area contributed by atoms with Gasteiger partial charge in [-0.1, -0.05) is 57.4 Å². The van der Waals surface area contributed by atoms with Crippen molar-refractivity contribution in [3.05, 3.63) is 98.1 Å². The Labute approximate surface area is 199 Å². The van der Waals surface area contributed by atoms with Gasteiger partial charge in [0.05, 0.1) is 12.1 Å². The minimum atomic E-state index is -0.522. The summed E-state index contributed by atoms with van der Waals surface area (Å²) >= 11 is 9.89. The normalized spacial score (nSPS) is 14.3. The summed E-state index contributed by atoms with van der Waals surface area (Å²) in [5.41, 5.74) is 3.66. The van der Waals surface area contributed by atoms with Crippen LogP contribution in [0.4, 0.5) is 0 Å². The van der Waals surface area contributed by atoms with E-state index in [9.17, 15) is 4.79 Å². The smallest absolute Gasteiger partial charge is 0.363 e. The second kappa shape index (κ2) is 9.59. The van der Waals surface area contributed by atoms with Crippen LogP contribution in [0.5, 0.6) is 11.5 Å². The number of benzene rings is 3. The van der Waals surface area contributed by atoms with E-state index in [-0.39, 0.29) is 11.6 Å². The first-order valence-corrected chi connectivity index (χ1v) is 10.9. The van der Waals surface area contributed by atoms with Crippen molar-refractivity contribution >= 4 is 45.5 Å². The highest BCUT2D eigenvalue weighted by molar-refractivity contribution is 9.10. The molecule has 0 N–H and O–H groups in total. The van der Waals surface area contributed by atoms with Crippen molar-refractivity contribution in [3.63, 3.8) is 0 Å². The van der Waals surface area contributed by atoms with E-state index >= 15 is 0 Å². The second-order valence-corrected chi connectivity index (χ2v) is 8.47. The van der Waals surface area contributed by atoms with Gasteiger partial charge in [0.15, 0.2) is 17.2 Å². The number of nitrogens with zero attached hydrogens (tertiary/aromatic N) is 1. The number of carbonyl (C=O) groups is 1. The fourth-order valence-electron chi connectivity index (χ4n) is 3.09. The number of hydrogen-bond acceptors (Lipinski definition) is 5. The molecular weight excluding hydrogens is 494 g/mol. The van der Waals surface area contributed by atoms with Crippen LogP contribution in [0.3, 0.4) is 0 Å². The average Bonchev–Trinajstić information content (AvgIpc) is 3.14. The Hall–Kier alpha value is -3.09. The summed E-state index contributed by atoms with van der Waals surface area (Å²) in [6.07, 6.45) is 1.61. The van der Waals surface area contributed by atoms with Crippen LogP contribution in [0.1, 0.15) is 22.3 Å². The summed E-state index contributed by atoms with van der Waals surface area (Å²) in [5, 5.41) is 0.363. The van der Waals surface area contributed by atoms with Gasteiger partial charge in [-0.15, -0.1) is 0 Å².